The number of hydrogen-bond donors (Lipinski definition) is 2. The van der Waals surface area contributed by atoms with E-state index in [4.69, 9.17) is 5.73 Å². The Hall–Kier alpha value is -1.10. The second-order valence-corrected chi connectivity index (χ2v) is 7.79. The number of benzene rings is 1. The van der Waals surface area contributed by atoms with Gasteiger partial charge in [0.25, 0.3) is 0 Å². The van der Waals surface area contributed by atoms with E-state index in [2.05, 4.69) is 50.0 Å². The van der Waals surface area contributed by atoms with Crippen LogP contribution in [0.4, 0.5) is 0 Å². The fourth-order valence-electron chi connectivity index (χ4n) is 3.34. The van der Waals surface area contributed by atoms with Gasteiger partial charge in [-0.2, -0.15) is 0 Å². The van der Waals surface area contributed by atoms with Crippen LogP contribution in [0.25, 0.3) is 0 Å². The predicted octanol–water partition coefficient (Wildman–Crippen LogP) is 2.98. The zero-order valence-electron chi connectivity index (χ0n) is 15.3. The molecule has 2 unspecified atom stereocenters. The lowest BCUT2D eigenvalue weighted by Crippen LogP contribution is -2.54. The number of nitrogens with zero attached hydrogens (tertiary/aromatic N) is 1. The zero-order valence-corrected chi connectivity index (χ0v) is 16.1. The molecule has 1 aromatic carbocycles. The molecule has 1 aliphatic heterocycles. The molecule has 0 aromatic heterocycles. The number of carbonyl (C=O) groups is 1. The van der Waals surface area contributed by atoms with Crippen LogP contribution in [0, 0.1) is 11.3 Å². The molecule has 3 N–H and O–H groups in total. The number of likely N-dealkylation sites (tertiary alicyclic amines) is 1. The number of nitrogens with one attached hydrogen (secondary N) is 1. The van der Waals surface area contributed by atoms with E-state index < -0.39 is 0 Å². The third-order valence-corrected chi connectivity index (χ3v) is 4.90. The highest BCUT2D eigenvalue weighted by atomic mass is 35.5. The summed E-state index contributed by atoms with van der Waals surface area (Å²) < 4.78 is 0. The Morgan fingerprint density at radius 3 is 2.50 bits per heavy atom. The van der Waals surface area contributed by atoms with E-state index in [-0.39, 0.29) is 35.8 Å². The minimum Gasteiger partial charge on any atom is -0.348 e. The standard InChI is InChI=1S/C19H31N3O.ClH/c1-14(2)18(15-8-6-5-7-9-15)21-17(23)12-22-11-10-16(20)19(3,4)13-22;/h5-9,14,16,18H,10-13,20H2,1-4H3,(H,21,23);1H. The average Bonchev–Trinajstić information content (AvgIpc) is 2.49. The molecule has 0 saturated carbocycles. The van der Waals surface area contributed by atoms with E-state index in [0.717, 1.165) is 25.1 Å². The molecule has 136 valence electrons. The van der Waals surface area contributed by atoms with Gasteiger partial charge in [-0.25, -0.2) is 0 Å². The van der Waals surface area contributed by atoms with Crippen LogP contribution in [0.3, 0.4) is 0 Å². The Bertz CT molecular complexity index is 519. The smallest absolute Gasteiger partial charge is 0.234 e. The second kappa shape index (κ2) is 8.84. The largest absolute Gasteiger partial charge is 0.348 e. The van der Waals surface area contributed by atoms with Gasteiger partial charge in [0.1, 0.15) is 0 Å². The fourth-order valence-corrected chi connectivity index (χ4v) is 3.34. The third-order valence-electron chi connectivity index (χ3n) is 4.90. The molecule has 1 aromatic rings. The predicted molar refractivity (Wildman–Crippen MR) is 102 cm³/mol. The molecule has 0 bridgehead atoms. The van der Waals surface area contributed by atoms with Gasteiger partial charge in [0.2, 0.25) is 5.91 Å². The van der Waals surface area contributed by atoms with Crippen LogP contribution in [0.15, 0.2) is 30.3 Å². The van der Waals surface area contributed by atoms with Crippen LogP contribution < -0.4 is 11.1 Å². The number of halogens is 1. The lowest BCUT2D eigenvalue weighted by Gasteiger charge is -2.42. The Kier molecular flexibility index (Phi) is 7.71. The summed E-state index contributed by atoms with van der Waals surface area (Å²) in [6.45, 7) is 10.9. The molecule has 1 amide bonds. The van der Waals surface area contributed by atoms with Gasteiger partial charge in [0, 0.05) is 19.1 Å². The van der Waals surface area contributed by atoms with Gasteiger partial charge in [-0.05, 0) is 23.3 Å². The Labute approximate surface area is 152 Å². The van der Waals surface area contributed by atoms with Gasteiger partial charge < -0.3 is 11.1 Å². The molecule has 0 radical (unpaired) electrons. The Morgan fingerprint density at radius 2 is 1.96 bits per heavy atom. The van der Waals surface area contributed by atoms with Crippen molar-refractivity contribution in [1.82, 2.24) is 10.2 Å². The first-order chi connectivity index (χ1) is 10.8. The number of hydrogen-bond acceptors (Lipinski definition) is 3. The molecule has 2 rings (SSSR count). The van der Waals surface area contributed by atoms with Crippen molar-refractivity contribution < 1.29 is 4.79 Å². The van der Waals surface area contributed by atoms with Gasteiger partial charge in [0.05, 0.1) is 12.6 Å². The quantitative estimate of drug-likeness (QED) is 0.855. The zero-order chi connectivity index (χ0) is 17.0. The maximum Gasteiger partial charge on any atom is 0.234 e. The van der Waals surface area contributed by atoms with E-state index in [1.54, 1.807) is 0 Å². The van der Waals surface area contributed by atoms with Gasteiger partial charge in [-0.3, -0.25) is 9.69 Å². The van der Waals surface area contributed by atoms with E-state index in [9.17, 15) is 4.79 Å². The van der Waals surface area contributed by atoms with Gasteiger partial charge >= 0.3 is 0 Å². The van der Waals surface area contributed by atoms with Crippen LogP contribution in [0.1, 0.15) is 45.7 Å². The highest BCUT2D eigenvalue weighted by molar-refractivity contribution is 5.85. The topological polar surface area (TPSA) is 58.4 Å². The van der Waals surface area contributed by atoms with E-state index >= 15 is 0 Å². The fraction of sp³-hybridized carbons (Fsp3) is 0.632. The van der Waals surface area contributed by atoms with Crippen molar-refractivity contribution in [2.75, 3.05) is 19.6 Å². The van der Waals surface area contributed by atoms with Gasteiger partial charge in [-0.15, -0.1) is 12.4 Å². The first-order valence-electron chi connectivity index (χ1n) is 8.62. The molecule has 1 saturated heterocycles. The van der Waals surface area contributed by atoms with Crippen molar-refractivity contribution in [2.24, 2.45) is 17.1 Å². The molecule has 1 heterocycles. The van der Waals surface area contributed by atoms with E-state index in [1.807, 2.05) is 18.2 Å². The molecule has 2 atom stereocenters. The minimum absolute atomic E-state index is 0. The summed E-state index contributed by atoms with van der Waals surface area (Å²) in [5.41, 5.74) is 7.40. The number of nitrogens with two attached hydrogens (primary N) is 1. The molecular weight excluding hydrogens is 322 g/mol. The lowest BCUT2D eigenvalue weighted by atomic mass is 9.80. The molecule has 0 spiro atoms. The molecular formula is C19H32ClN3O. The minimum atomic E-state index is 0. The van der Waals surface area contributed by atoms with Crippen LogP contribution in [0.2, 0.25) is 0 Å². The molecule has 1 fully saturated rings. The molecule has 4 nitrogen and oxygen atoms in total. The van der Waals surface area contributed by atoms with E-state index in [0.29, 0.717) is 12.5 Å². The number of piperidine rings is 1. The van der Waals surface area contributed by atoms with Gasteiger partial charge in [-0.1, -0.05) is 58.0 Å². The van der Waals surface area contributed by atoms with Crippen molar-refractivity contribution in [3.63, 3.8) is 0 Å². The van der Waals surface area contributed by atoms with Crippen molar-refractivity contribution in [2.45, 2.75) is 46.2 Å². The Balaban J connectivity index is 0.00000288. The van der Waals surface area contributed by atoms with E-state index in [1.165, 1.54) is 0 Å². The number of amides is 1. The first kappa shape index (κ1) is 20.9. The Morgan fingerprint density at radius 1 is 1.33 bits per heavy atom. The van der Waals surface area contributed by atoms with Crippen molar-refractivity contribution in [3.05, 3.63) is 35.9 Å². The second-order valence-electron chi connectivity index (χ2n) is 7.79. The molecule has 5 heteroatoms. The SMILES string of the molecule is CC(C)C(NC(=O)CN1CCC(N)C(C)(C)C1)c1ccccc1.Cl. The summed E-state index contributed by atoms with van der Waals surface area (Å²) in [4.78, 5) is 14.7. The van der Waals surface area contributed by atoms with Crippen LogP contribution in [-0.4, -0.2) is 36.5 Å². The average molecular weight is 354 g/mol. The maximum absolute atomic E-state index is 12.5. The van der Waals surface area contributed by atoms with Crippen LogP contribution in [0.5, 0.6) is 0 Å². The molecule has 24 heavy (non-hydrogen) atoms. The summed E-state index contributed by atoms with van der Waals surface area (Å²) in [7, 11) is 0. The first-order valence-corrected chi connectivity index (χ1v) is 8.62. The summed E-state index contributed by atoms with van der Waals surface area (Å²) >= 11 is 0. The lowest BCUT2D eigenvalue weighted by molar-refractivity contribution is -0.124. The highest BCUT2D eigenvalue weighted by Gasteiger charge is 2.34. The summed E-state index contributed by atoms with van der Waals surface area (Å²) in [5.74, 6) is 0.450. The van der Waals surface area contributed by atoms with Crippen LogP contribution in [-0.2, 0) is 4.79 Å². The normalized spacial score (nSPS) is 21.8. The van der Waals surface area contributed by atoms with Crippen molar-refractivity contribution in [3.8, 4) is 0 Å². The summed E-state index contributed by atoms with van der Waals surface area (Å²) in [6, 6.07) is 10.5. The van der Waals surface area contributed by atoms with Crippen LogP contribution >= 0.6 is 12.4 Å². The highest BCUT2D eigenvalue weighted by Crippen LogP contribution is 2.27. The third kappa shape index (κ3) is 5.47. The monoisotopic (exact) mass is 353 g/mol. The number of carbonyl (C=O) groups excluding carboxylic acids is 1. The number of rotatable bonds is 5. The summed E-state index contributed by atoms with van der Waals surface area (Å²) in [5, 5.41) is 3.21. The van der Waals surface area contributed by atoms with Gasteiger partial charge in [0.15, 0.2) is 0 Å². The molecule has 1 aliphatic rings. The van der Waals surface area contributed by atoms with Crippen molar-refractivity contribution in [1.29, 1.82) is 0 Å². The molecule has 0 aliphatic carbocycles. The van der Waals surface area contributed by atoms with Crippen molar-refractivity contribution >= 4 is 18.3 Å². The summed E-state index contributed by atoms with van der Waals surface area (Å²) in [6.07, 6.45) is 0.951. The maximum atomic E-state index is 12.5.